The third kappa shape index (κ3) is 4.85. The summed E-state index contributed by atoms with van der Waals surface area (Å²) in [5.74, 6) is 1.03. The fourth-order valence-corrected chi connectivity index (χ4v) is 3.22. The number of amides is 1. The third-order valence-electron chi connectivity index (χ3n) is 5.14. The highest BCUT2D eigenvalue weighted by atomic mass is 16.5. The summed E-state index contributed by atoms with van der Waals surface area (Å²) in [4.78, 5) is 17.0. The number of benzene rings is 2. The second kappa shape index (κ2) is 9.05. The minimum atomic E-state index is -0.450. The third-order valence-corrected chi connectivity index (χ3v) is 5.14. The van der Waals surface area contributed by atoms with E-state index in [-0.39, 0.29) is 18.2 Å². The molecule has 8 nitrogen and oxygen atoms in total. The second-order valence-electron chi connectivity index (χ2n) is 7.83. The van der Waals surface area contributed by atoms with Crippen LogP contribution in [0.15, 0.2) is 53.3 Å². The Labute approximate surface area is 186 Å². The number of ether oxygens (including phenoxy) is 1. The van der Waals surface area contributed by atoms with Crippen molar-refractivity contribution in [2.24, 2.45) is 0 Å². The summed E-state index contributed by atoms with van der Waals surface area (Å²) in [7, 11) is 0. The molecule has 4 rings (SSSR count). The van der Waals surface area contributed by atoms with Gasteiger partial charge in [0, 0.05) is 0 Å². The number of aromatic nitrogens is 4. The van der Waals surface area contributed by atoms with Crippen molar-refractivity contribution in [2.75, 3.05) is 5.32 Å². The molecule has 2 heterocycles. The molecule has 164 valence electrons. The molecular weight excluding hydrogens is 406 g/mol. The Morgan fingerprint density at radius 2 is 1.81 bits per heavy atom. The van der Waals surface area contributed by atoms with Gasteiger partial charge in [-0.3, -0.25) is 10.1 Å². The molecule has 4 aromatic rings. The number of nitrogens with zero attached hydrogens (tertiary/aromatic N) is 4. The summed E-state index contributed by atoms with van der Waals surface area (Å²) in [6, 6.07) is 14.1. The highest BCUT2D eigenvalue weighted by molar-refractivity contribution is 6.02. The molecular formula is C24H25N5O3. The SMILES string of the molecule is Cc1ccc(Cn2cnc(NC(=O)c3noc(C)c3COc3cc(C)ccc3C)n2)cc1. The van der Waals surface area contributed by atoms with Crippen molar-refractivity contribution >= 4 is 11.9 Å². The first-order chi connectivity index (χ1) is 15.4. The van der Waals surface area contributed by atoms with Gasteiger partial charge in [-0.15, -0.1) is 5.10 Å². The molecule has 1 N–H and O–H groups in total. The smallest absolute Gasteiger partial charge is 0.280 e. The van der Waals surface area contributed by atoms with Crippen molar-refractivity contribution in [3.8, 4) is 5.75 Å². The molecule has 0 fully saturated rings. The predicted octanol–water partition coefficient (Wildman–Crippen LogP) is 4.38. The lowest BCUT2D eigenvalue weighted by molar-refractivity contribution is 0.101. The zero-order chi connectivity index (χ0) is 22.7. The van der Waals surface area contributed by atoms with Gasteiger partial charge in [0.05, 0.1) is 12.1 Å². The van der Waals surface area contributed by atoms with Gasteiger partial charge in [-0.05, 0) is 50.5 Å². The van der Waals surface area contributed by atoms with Gasteiger partial charge in [0.2, 0.25) is 5.95 Å². The van der Waals surface area contributed by atoms with Crippen molar-refractivity contribution in [1.29, 1.82) is 0 Å². The van der Waals surface area contributed by atoms with E-state index < -0.39 is 5.91 Å². The Balaban J connectivity index is 1.43. The van der Waals surface area contributed by atoms with Gasteiger partial charge in [-0.25, -0.2) is 9.67 Å². The Kier molecular flexibility index (Phi) is 6.02. The molecule has 0 spiro atoms. The van der Waals surface area contributed by atoms with Gasteiger partial charge < -0.3 is 9.26 Å². The van der Waals surface area contributed by atoms with Crippen LogP contribution >= 0.6 is 0 Å². The number of nitrogens with one attached hydrogen (secondary N) is 1. The Bertz CT molecular complexity index is 1240. The standard InChI is InChI=1S/C24H25N5O3/c1-15-6-9-19(10-7-15)12-29-14-25-24(27-29)26-23(30)22-20(18(4)32-28-22)13-31-21-11-16(2)5-8-17(21)3/h5-11,14H,12-13H2,1-4H3,(H,26,27,30). The molecule has 0 aliphatic carbocycles. The Morgan fingerprint density at radius 3 is 2.59 bits per heavy atom. The van der Waals surface area contributed by atoms with Crippen molar-refractivity contribution in [3.63, 3.8) is 0 Å². The molecule has 0 saturated heterocycles. The van der Waals surface area contributed by atoms with Crippen LogP contribution in [-0.2, 0) is 13.2 Å². The van der Waals surface area contributed by atoms with E-state index in [0.29, 0.717) is 17.9 Å². The molecule has 2 aromatic heterocycles. The van der Waals surface area contributed by atoms with Crippen LogP contribution in [0.2, 0.25) is 0 Å². The quantitative estimate of drug-likeness (QED) is 0.467. The average molecular weight is 431 g/mol. The van der Waals surface area contributed by atoms with Gasteiger partial charge in [-0.1, -0.05) is 47.1 Å². The normalized spacial score (nSPS) is 10.9. The summed E-state index contributed by atoms with van der Waals surface area (Å²) < 4.78 is 12.9. The van der Waals surface area contributed by atoms with E-state index in [1.165, 1.54) is 5.56 Å². The fourth-order valence-electron chi connectivity index (χ4n) is 3.22. The molecule has 0 bridgehead atoms. The first-order valence-electron chi connectivity index (χ1n) is 10.3. The van der Waals surface area contributed by atoms with E-state index in [4.69, 9.17) is 9.26 Å². The van der Waals surface area contributed by atoms with E-state index in [2.05, 4.69) is 20.6 Å². The van der Waals surface area contributed by atoms with Crippen molar-refractivity contribution in [3.05, 3.63) is 88.1 Å². The number of aryl methyl sites for hydroxylation is 4. The maximum Gasteiger partial charge on any atom is 0.280 e. The van der Waals surface area contributed by atoms with Gasteiger partial charge in [0.25, 0.3) is 5.91 Å². The maximum atomic E-state index is 12.8. The summed E-state index contributed by atoms with van der Waals surface area (Å²) in [6.45, 7) is 8.49. The first-order valence-corrected chi connectivity index (χ1v) is 10.3. The number of anilines is 1. The highest BCUT2D eigenvalue weighted by Crippen LogP contribution is 2.23. The minimum Gasteiger partial charge on any atom is -0.488 e. The molecule has 0 saturated carbocycles. The molecule has 32 heavy (non-hydrogen) atoms. The molecule has 1 amide bonds. The number of carbonyl (C=O) groups excluding carboxylic acids is 1. The summed E-state index contributed by atoms with van der Waals surface area (Å²) >= 11 is 0. The largest absolute Gasteiger partial charge is 0.488 e. The monoisotopic (exact) mass is 431 g/mol. The predicted molar refractivity (Wildman–Crippen MR) is 120 cm³/mol. The van der Waals surface area contributed by atoms with E-state index in [0.717, 1.165) is 22.4 Å². The first kappa shape index (κ1) is 21.3. The van der Waals surface area contributed by atoms with Crippen LogP contribution in [0, 0.1) is 27.7 Å². The van der Waals surface area contributed by atoms with Crippen LogP contribution < -0.4 is 10.1 Å². The number of hydrogen-bond donors (Lipinski definition) is 1. The zero-order valence-corrected chi connectivity index (χ0v) is 18.5. The molecule has 0 radical (unpaired) electrons. The maximum absolute atomic E-state index is 12.8. The van der Waals surface area contributed by atoms with Gasteiger partial charge in [0.1, 0.15) is 24.4 Å². The average Bonchev–Trinajstić information content (AvgIpc) is 3.36. The summed E-state index contributed by atoms with van der Waals surface area (Å²) in [5.41, 5.74) is 5.14. The topological polar surface area (TPSA) is 95.1 Å². The molecule has 0 atom stereocenters. The molecule has 0 aliphatic heterocycles. The lowest BCUT2D eigenvalue weighted by atomic mass is 10.1. The van der Waals surface area contributed by atoms with Crippen LogP contribution in [0.4, 0.5) is 5.95 Å². The zero-order valence-electron chi connectivity index (χ0n) is 18.5. The van der Waals surface area contributed by atoms with Crippen molar-refractivity contribution in [2.45, 2.75) is 40.8 Å². The number of hydrogen-bond acceptors (Lipinski definition) is 6. The summed E-state index contributed by atoms with van der Waals surface area (Å²) in [6.07, 6.45) is 1.58. The number of carbonyl (C=O) groups is 1. The van der Waals surface area contributed by atoms with Crippen LogP contribution in [0.1, 0.15) is 44.1 Å². The van der Waals surface area contributed by atoms with Crippen LogP contribution in [-0.4, -0.2) is 25.8 Å². The van der Waals surface area contributed by atoms with E-state index in [1.54, 1.807) is 17.9 Å². The Hall–Kier alpha value is -3.94. The molecule has 2 aromatic carbocycles. The van der Waals surface area contributed by atoms with Crippen LogP contribution in [0.25, 0.3) is 0 Å². The minimum absolute atomic E-state index is 0.155. The van der Waals surface area contributed by atoms with Gasteiger partial charge in [0.15, 0.2) is 5.69 Å². The number of rotatable bonds is 7. The van der Waals surface area contributed by atoms with E-state index in [9.17, 15) is 4.79 Å². The molecule has 8 heteroatoms. The van der Waals surface area contributed by atoms with Crippen molar-refractivity contribution < 1.29 is 14.1 Å². The summed E-state index contributed by atoms with van der Waals surface area (Å²) in [5, 5.41) is 10.9. The molecule has 0 aliphatic rings. The lowest BCUT2D eigenvalue weighted by Crippen LogP contribution is -2.16. The lowest BCUT2D eigenvalue weighted by Gasteiger charge is -2.10. The van der Waals surface area contributed by atoms with Crippen LogP contribution in [0.5, 0.6) is 5.75 Å². The van der Waals surface area contributed by atoms with Crippen LogP contribution in [0.3, 0.4) is 0 Å². The van der Waals surface area contributed by atoms with E-state index >= 15 is 0 Å². The van der Waals surface area contributed by atoms with Crippen molar-refractivity contribution in [1.82, 2.24) is 19.9 Å². The van der Waals surface area contributed by atoms with Gasteiger partial charge in [-0.2, -0.15) is 0 Å². The fraction of sp³-hybridized carbons (Fsp3) is 0.250. The van der Waals surface area contributed by atoms with Gasteiger partial charge >= 0.3 is 0 Å². The highest BCUT2D eigenvalue weighted by Gasteiger charge is 2.22. The Morgan fingerprint density at radius 1 is 1.06 bits per heavy atom. The van der Waals surface area contributed by atoms with E-state index in [1.807, 2.05) is 63.2 Å². The second-order valence-corrected chi connectivity index (χ2v) is 7.83. The molecule has 0 unspecified atom stereocenters.